The number of benzene rings is 1. The number of hydrogen-bond acceptors (Lipinski definition) is 9. The van der Waals surface area contributed by atoms with Crippen LogP contribution in [-0.2, 0) is 16.4 Å². The molecule has 2 aliphatic heterocycles. The van der Waals surface area contributed by atoms with Crippen molar-refractivity contribution >= 4 is 38.3 Å². The van der Waals surface area contributed by atoms with Gasteiger partial charge in [-0.2, -0.15) is 0 Å². The van der Waals surface area contributed by atoms with Gasteiger partial charge in [0.2, 0.25) is 15.3 Å². The number of sulfone groups is 1. The highest BCUT2D eigenvalue weighted by atomic mass is 32.2. The van der Waals surface area contributed by atoms with Crippen LogP contribution in [0.3, 0.4) is 0 Å². The Balaban J connectivity index is 1.11. The van der Waals surface area contributed by atoms with Gasteiger partial charge in [-0.1, -0.05) is 6.92 Å². The number of anilines is 2. The van der Waals surface area contributed by atoms with E-state index < -0.39 is 44.1 Å². The number of nitrogens with one attached hydrogen (secondary N) is 1. The topological polar surface area (TPSA) is 124 Å². The Kier molecular flexibility index (Phi) is 6.64. The van der Waals surface area contributed by atoms with Gasteiger partial charge in [0.25, 0.3) is 5.91 Å². The molecule has 7 rings (SSSR count). The summed E-state index contributed by atoms with van der Waals surface area (Å²) in [5, 5.41) is 3.41. The first-order valence-corrected chi connectivity index (χ1v) is 15.5. The van der Waals surface area contributed by atoms with Gasteiger partial charge in [0.1, 0.15) is 17.3 Å². The zero-order valence-electron chi connectivity index (χ0n) is 23.1. The molecular weight excluding hydrogens is 580 g/mol. The molecule has 0 saturated heterocycles. The van der Waals surface area contributed by atoms with Crippen molar-refractivity contribution in [2.45, 2.75) is 42.6 Å². The molecule has 1 fully saturated rings. The Hall–Kier alpha value is -4.39. The molecule has 3 aliphatic rings. The van der Waals surface area contributed by atoms with Crippen LogP contribution >= 0.6 is 0 Å². The number of ether oxygens (including phenoxy) is 2. The van der Waals surface area contributed by atoms with Crippen LogP contribution in [0.5, 0.6) is 11.5 Å². The number of hydrogen-bond donors (Lipinski definition) is 1. The molecule has 1 amide bonds. The van der Waals surface area contributed by atoms with Crippen molar-refractivity contribution in [1.82, 2.24) is 20.3 Å². The molecule has 4 aromatic rings. The van der Waals surface area contributed by atoms with Gasteiger partial charge < -0.3 is 19.7 Å². The van der Waals surface area contributed by atoms with E-state index in [9.17, 15) is 22.0 Å². The number of fused-ring (bicyclic) bond motifs is 3. The minimum Gasteiger partial charge on any atom is -0.489 e. The third-order valence-electron chi connectivity index (χ3n) is 8.05. The summed E-state index contributed by atoms with van der Waals surface area (Å²) in [5.41, 5.74) is -0.230. The number of pyridine rings is 3. The lowest BCUT2D eigenvalue weighted by Gasteiger charge is -2.29. The molecule has 3 atom stereocenters. The van der Waals surface area contributed by atoms with Crippen LogP contribution < -0.4 is 19.7 Å². The lowest BCUT2D eigenvalue weighted by molar-refractivity contribution is 0.0949. The molecule has 10 nitrogen and oxygen atoms in total. The van der Waals surface area contributed by atoms with Gasteiger partial charge in [0.05, 0.1) is 30.9 Å². The van der Waals surface area contributed by atoms with E-state index >= 15 is 0 Å². The predicted molar refractivity (Wildman–Crippen MR) is 153 cm³/mol. The van der Waals surface area contributed by atoms with E-state index in [0.29, 0.717) is 47.8 Å². The van der Waals surface area contributed by atoms with Gasteiger partial charge in [-0.15, -0.1) is 0 Å². The van der Waals surface area contributed by atoms with Crippen molar-refractivity contribution in [2.75, 3.05) is 24.7 Å². The summed E-state index contributed by atoms with van der Waals surface area (Å²) in [6.45, 7) is 2.96. The fraction of sp³-hybridized carbons (Fsp3) is 0.333. The smallest absolute Gasteiger partial charge is 0.251 e. The largest absolute Gasteiger partial charge is 0.489 e. The predicted octanol–water partition coefficient (Wildman–Crippen LogP) is 4.60. The lowest BCUT2D eigenvalue weighted by Crippen LogP contribution is -2.30. The maximum absolute atomic E-state index is 14.7. The highest BCUT2D eigenvalue weighted by Crippen LogP contribution is 2.48. The van der Waals surface area contributed by atoms with E-state index in [1.165, 1.54) is 5.56 Å². The van der Waals surface area contributed by atoms with Crippen LogP contribution in [0, 0.1) is 11.7 Å². The summed E-state index contributed by atoms with van der Waals surface area (Å²) in [4.78, 5) is 28.1. The summed E-state index contributed by atoms with van der Waals surface area (Å²) in [6.07, 6.45) is 4.27. The molecule has 1 saturated carbocycles. The number of alkyl halides is 1. The molecule has 1 aliphatic carbocycles. The second-order valence-corrected chi connectivity index (χ2v) is 13.0. The lowest BCUT2D eigenvalue weighted by atomic mass is 10.1. The molecule has 13 heteroatoms. The molecule has 1 N–H and O–H groups in total. The van der Waals surface area contributed by atoms with Gasteiger partial charge in [-0.3, -0.25) is 9.78 Å². The molecule has 3 aromatic heterocycles. The molecule has 1 aromatic carbocycles. The second-order valence-electron chi connectivity index (χ2n) is 11.0. The van der Waals surface area contributed by atoms with E-state index in [2.05, 4.69) is 23.3 Å². The number of amides is 1. The molecule has 0 spiro atoms. The second kappa shape index (κ2) is 10.4. The van der Waals surface area contributed by atoms with Crippen molar-refractivity contribution in [1.29, 1.82) is 0 Å². The average Bonchev–Trinajstić information content (AvgIpc) is 3.76. The van der Waals surface area contributed by atoms with Gasteiger partial charge in [-0.25, -0.2) is 27.2 Å². The van der Waals surface area contributed by atoms with Gasteiger partial charge in [-0.05, 0) is 60.2 Å². The minimum absolute atomic E-state index is 0.0430. The van der Waals surface area contributed by atoms with Crippen LogP contribution in [0.1, 0.15) is 47.3 Å². The molecule has 43 heavy (non-hydrogen) atoms. The molecule has 0 radical (unpaired) electrons. The Labute approximate surface area is 246 Å². The Bertz CT molecular complexity index is 1890. The number of carbonyl (C=O) groups is 1. The quantitative estimate of drug-likeness (QED) is 0.347. The summed E-state index contributed by atoms with van der Waals surface area (Å²) in [6, 6.07) is 9.41. The number of halogens is 2. The normalized spacial score (nSPS) is 22.0. The maximum atomic E-state index is 14.7. The van der Waals surface area contributed by atoms with Gasteiger partial charge >= 0.3 is 0 Å². The summed E-state index contributed by atoms with van der Waals surface area (Å²) >= 11 is 0. The summed E-state index contributed by atoms with van der Waals surface area (Å²) in [7, 11) is -4.51. The van der Waals surface area contributed by atoms with Gasteiger partial charge in [0, 0.05) is 29.8 Å². The molecular formula is C30H27F2N5O5S. The molecule has 0 bridgehead atoms. The van der Waals surface area contributed by atoms with Crippen molar-refractivity contribution in [2.24, 2.45) is 5.92 Å². The van der Waals surface area contributed by atoms with Crippen molar-refractivity contribution in [3.63, 3.8) is 0 Å². The Morgan fingerprint density at radius 1 is 1.12 bits per heavy atom. The summed E-state index contributed by atoms with van der Waals surface area (Å²) < 4.78 is 65.1. The Morgan fingerprint density at radius 2 is 1.95 bits per heavy atom. The first-order chi connectivity index (χ1) is 20.7. The summed E-state index contributed by atoms with van der Waals surface area (Å²) in [5.74, 6) is 0.929. The Morgan fingerprint density at radius 3 is 2.77 bits per heavy atom. The van der Waals surface area contributed by atoms with E-state index in [4.69, 9.17) is 19.4 Å². The van der Waals surface area contributed by atoms with Crippen LogP contribution in [0.2, 0.25) is 0 Å². The standard InChI is InChI=1S/C30H27F2N5O5S/c1-16-8-21(16)19-10-24-29(34-14-19)37(5-7-41-24)27-3-2-17-13-33-20(12-23(17)36-27)15-35-30(38)18-9-22(31)28-25(11-18)43(39,40)26(32)4-6-42-28/h2-3,9-14,16,21,26H,4-8,15H2,1H3,(H,35,38)/t16-,21-,26-/m1/s1. The van der Waals surface area contributed by atoms with Crippen LogP contribution in [0.15, 0.2) is 53.7 Å². The SMILES string of the molecule is C[C@@H]1C[C@H]1c1cnc2c(c1)OCCN2c1ccc2cnc(CNC(=O)c3cc(F)c4c(c3)S(=O)(=O)[C@@H](F)CCO4)cc2n1. The van der Waals surface area contributed by atoms with E-state index in [-0.39, 0.29) is 18.7 Å². The zero-order valence-corrected chi connectivity index (χ0v) is 23.9. The highest BCUT2D eigenvalue weighted by molar-refractivity contribution is 7.92. The molecule has 0 unspecified atom stereocenters. The van der Waals surface area contributed by atoms with Crippen LogP contribution in [-0.4, -0.2) is 54.5 Å². The third kappa shape index (κ3) is 5.01. The average molecular weight is 608 g/mol. The third-order valence-corrected chi connectivity index (χ3v) is 9.87. The monoisotopic (exact) mass is 607 g/mol. The first-order valence-electron chi connectivity index (χ1n) is 14.0. The number of nitrogens with zero attached hydrogens (tertiary/aromatic N) is 4. The highest BCUT2D eigenvalue weighted by Gasteiger charge is 2.36. The van der Waals surface area contributed by atoms with E-state index in [0.717, 1.165) is 29.7 Å². The van der Waals surface area contributed by atoms with Crippen molar-refractivity contribution in [3.8, 4) is 11.5 Å². The fourth-order valence-electron chi connectivity index (χ4n) is 5.49. The maximum Gasteiger partial charge on any atom is 0.251 e. The van der Waals surface area contributed by atoms with E-state index in [1.807, 2.05) is 23.2 Å². The first kappa shape index (κ1) is 27.4. The van der Waals surface area contributed by atoms with E-state index in [1.54, 1.807) is 12.3 Å². The minimum atomic E-state index is -4.51. The van der Waals surface area contributed by atoms with Crippen LogP contribution in [0.4, 0.5) is 20.4 Å². The van der Waals surface area contributed by atoms with Crippen molar-refractivity contribution in [3.05, 3.63) is 71.4 Å². The fourth-order valence-corrected chi connectivity index (χ4v) is 6.88. The van der Waals surface area contributed by atoms with Crippen molar-refractivity contribution < 1.29 is 31.5 Å². The van der Waals surface area contributed by atoms with Crippen LogP contribution in [0.25, 0.3) is 10.9 Å². The number of rotatable bonds is 5. The molecule has 222 valence electrons. The van der Waals surface area contributed by atoms with Gasteiger partial charge in [0.15, 0.2) is 23.1 Å². The molecule has 5 heterocycles. The number of aromatic nitrogens is 3. The number of carbonyl (C=O) groups excluding carboxylic acids is 1. The zero-order chi connectivity index (χ0) is 29.9.